The molecular formula is C12H14I2N3O3-. The van der Waals surface area contributed by atoms with Crippen molar-refractivity contribution < 1.29 is 35.7 Å². The van der Waals surface area contributed by atoms with Gasteiger partial charge in [-0.15, -0.1) is 0 Å². The van der Waals surface area contributed by atoms with E-state index in [1.54, 1.807) is 0 Å². The van der Waals surface area contributed by atoms with Crippen LogP contribution in [0.2, 0.25) is 0 Å². The predicted molar refractivity (Wildman–Crippen MR) is 74.6 cm³/mol. The van der Waals surface area contributed by atoms with Crippen molar-refractivity contribution in [2.45, 2.75) is 26.6 Å². The van der Waals surface area contributed by atoms with Crippen LogP contribution in [0.5, 0.6) is 0 Å². The minimum atomic E-state index is -0.226. The van der Waals surface area contributed by atoms with E-state index in [1.165, 1.54) is 6.21 Å². The second-order valence-corrected chi connectivity index (χ2v) is 9.63. The average Bonchev–Trinajstić information content (AvgIpc) is 3.07. The van der Waals surface area contributed by atoms with Gasteiger partial charge in [0.25, 0.3) is 0 Å². The zero-order chi connectivity index (χ0) is 14.0. The Morgan fingerprint density at radius 3 is 3.00 bits per heavy atom. The SMILES string of the molecule is N=CC1C2CC3C(OC(=O)C13)C2OC(=N)C(I)C1N[I-]1. The Morgan fingerprint density at radius 2 is 2.35 bits per heavy atom. The first kappa shape index (κ1) is 13.7. The van der Waals surface area contributed by atoms with Crippen molar-refractivity contribution in [3.63, 3.8) is 0 Å². The molecule has 2 aliphatic heterocycles. The molecule has 8 atom stereocenters. The van der Waals surface area contributed by atoms with Crippen LogP contribution in [0, 0.1) is 34.5 Å². The molecule has 4 aliphatic rings. The second kappa shape index (κ2) is 4.77. The van der Waals surface area contributed by atoms with Gasteiger partial charge in [-0.25, -0.2) is 0 Å². The van der Waals surface area contributed by atoms with E-state index in [2.05, 4.69) is 26.1 Å². The van der Waals surface area contributed by atoms with E-state index < -0.39 is 0 Å². The van der Waals surface area contributed by atoms with Crippen molar-refractivity contribution in [2.75, 3.05) is 0 Å². The van der Waals surface area contributed by atoms with Crippen LogP contribution in [-0.2, 0) is 14.3 Å². The number of halogens is 2. The zero-order valence-corrected chi connectivity index (χ0v) is 14.7. The van der Waals surface area contributed by atoms with E-state index in [0.29, 0.717) is 9.95 Å². The molecule has 0 spiro atoms. The Kier molecular flexibility index (Phi) is 3.26. The van der Waals surface area contributed by atoms with E-state index in [0.717, 1.165) is 6.42 Å². The molecular weight excluding hydrogens is 488 g/mol. The van der Waals surface area contributed by atoms with Gasteiger partial charge in [0.2, 0.25) is 0 Å². The number of ether oxygens (including phenoxy) is 2. The van der Waals surface area contributed by atoms with Crippen molar-refractivity contribution in [1.29, 1.82) is 10.8 Å². The normalized spacial score (nSPS) is 49.2. The third-order valence-electron chi connectivity index (χ3n) is 4.80. The van der Waals surface area contributed by atoms with Crippen molar-refractivity contribution in [3.05, 3.63) is 0 Å². The Hall–Kier alpha value is 0.0300. The first-order valence-corrected chi connectivity index (χ1v) is 10.2. The molecule has 20 heavy (non-hydrogen) atoms. The molecule has 8 heteroatoms. The van der Waals surface area contributed by atoms with Crippen LogP contribution in [0.3, 0.4) is 0 Å². The van der Waals surface area contributed by atoms with Gasteiger partial charge in [0.1, 0.15) is 0 Å². The summed E-state index contributed by atoms with van der Waals surface area (Å²) in [5.41, 5.74) is 0. The van der Waals surface area contributed by atoms with E-state index in [1.807, 2.05) is 0 Å². The molecule has 0 amide bonds. The van der Waals surface area contributed by atoms with Gasteiger partial charge >= 0.3 is 141 Å². The number of carbonyl (C=O) groups is 1. The Bertz CT molecular complexity index is 498. The van der Waals surface area contributed by atoms with Gasteiger partial charge in [-0.3, -0.25) is 0 Å². The van der Waals surface area contributed by atoms with Gasteiger partial charge in [0.15, 0.2) is 0 Å². The summed E-state index contributed by atoms with van der Waals surface area (Å²) >= 11 is 2.30. The number of alkyl halides is 2. The summed E-state index contributed by atoms with van der Waals surface area (Å²) in [7, 11) is 0. The third kappa shape index (κ3) is 1.86. The fourth-order valence-corrected chi connectivity index (χ4v) is 7.06. The van der Waals surface area contributed by atoms with Crippen LogP contribution in [-0.4, -0.2) is 38.3 Å². The number of hydrogen-bond acceptors (Lipinski definition) is 6. The quantitative estimate of drug-likeness (QED) is 0.0581. The number of rotatable bonds is 4. The van der Waals surface area contributed by atoms with Crippen LogP contribution in [0.1, 0.15) is 6.42 Å². The summed E-state index contributed by atoms with van der Waals surface area (Å²) in [6, 6.07) is 0. The predicted octanol–water partition coefficient (Wildman–Crippen LogP) is -2.46. The number of esters is 1. The van der Waals surface area contributed by atoms with E-state index in [9.17, 15) is 4.79 Å². The minimum absolute atomic E-state index is 0.0484. The monoisotopic (exact) mass is 502 g/mol. The van der Waals surface area contributed by atoms with E-state index >= 15 is 0 Å². The van der Waals surface area contributed by atoms with Gasteiger partial charge < -0.3 is 0 Å². The summed E-state index contributed by atoms with van der Waals surface area (Å²) in [4.78, 5) is 11.9. The summed E-state index contributed by atoms with van der Waals surface area (Å²) in [5, 5.41) is 15.7. The molecule has 2 aliphatic carbocycles. The average molecular weight is 502 g/mol. The van der Waals surface area contributed by atoms with Gasteiger partial charge in [-0.05, 0) is 0 Å². The molecule has 2 saturated heterocycles. The molecule has 8 unspecified atom stereocenters. The molecule has 110 valence electrons. The summed E-state index contributed by atoms with van der Waals surface area (Å²) < 4.78 is 15.2. The Labute approximate surface area is 140 Å². The Morgan fingerprint density at radius 1 is 1.60 bits per heavy atom. The van der Waals surface area contributed by atoms with Crippen molar-refractivity contribution in [1.82, 2.24) is 3.53 Å². The summed E-state index contributed by atoms with van der Waals surface area (Å²) in [6.45, 7) is 0. The molecule has 2 heterocycles. The van der Waals surface area contributed by atoms with Gasteiger partial charge in [-0.1, -0.05) is 0 Å². The zero-order valence-electron chi connectivity index (χ0n) is 10.4. The van der Waals surface area contributed by atoms with Crippen molar-refractivity contribution >= 4 is 40.7 Å². The third-order valence-corrected chi connectivity index (χ3v) is 9.53. The maximum atomic E-state index is 11.9. The van der Waals surface area contributed by atoms with Gasteiger partial charge in [-0.2, -0.15) is 0 Å². The van der Waals surface area contributed by atoms with E-state index in [-0.39, 0.29) is 67.3 Å². The molecule has 2 saturated carbocycles. The van der Waals surface area contributed by atoms with Crippen LogP contribution >= 0.6 is 22.6 Å². The number of fused-ring (bicyclic) bond motifs is 1. The maximum absolute atomic E-state index is 11.9. The van der Waals surface area contributed by atoms with Crippen LogP contribution < -0.4 is 25.0 Å². The molecule has 4 rings (SSSR count). The van der Waals surface area contributed by atoms with Crippen molar-refractivity contribution in [2.24, 2.45) is 23.7 Å². The fourth-order valence-electron chi connectivity index (χ4n) is 3.92. The summed E-state index contributed by atoms with van der Waals surface area (Å²) in [6.07, 6.45) is 1.85. The van der Waals surface area contributed by atoms with Crippen LogP contribution in [0.25, 0.3) is 0 Å². The van der Waals surface area contributed by atoms with Crippen molar-refractivity contribution in [3.8, 4) is 0 Å². The van der Waals surface area contributed by atoms with Gasteiger partial charge in [0, 0.05) is 0 Å². The molecule has 0 aromatic heterocycles. The van der Waals surface area contributed by atoms with Gasteiger partial charge in [0.05, 0.1) is 0 Å². The van der Waals surface area contributed by atoms with Crippen LogP contribution in [0.4, 0.5) is 0 Å². The molecule has 2 bridgehead atoms. The standard InChI is InChI=1S/C12H14I2N3O3/c13-7(10-14-17-10)11(16)19-8-3-1-4-6(5(3)2-15)12(18)20-9(4)8/h2-10,15-17H,1H2/q-1. The number of carbonyl (C=O) groups excluding carboxylic acids is 1. The molecule has 0 aromatic rings. The van der Waals surface area contributed by atoms with Crippen LogP contribution in [0.15, 0.2) is 0 Å². The molecule has 3 N–H and O–H groups in total. The number of nitrogens with one attached hydrogen (secondary N) is 3. The first-order valence-electron chi connectivity index (χ1n) is 6.60. The molecule has 4 fully saturated rings. The molecule has 6 nitrogen and oxygen atoms in total. The molecule has 0 radical (unpaired) electrons. The first-order chi connectivity index (χ1) is 9.61. The number of hydrogen-bond donors (Lipinski definition) is 3. The molecule has 0 aromatic carbocycles. The topological polar surface area (TPSA) is 105 Å². The van der Waals surface area contributed by atoms with E-state index in [4.69, 9.17) is 20.3 Å². The fraction of sp³-hybridized carbons (Fsp3) is 0.750. The Balaban J connectivity index is 1.53. The second-order valence-electron chi connectivity index (χ2n) is 5.70. The summed E-state index contributed by atoms with van der Waals surface area (Å²) in [5.74, 6) is 0.266.